The molecule has 9 nitrogen and oxygen atoms in total. The summed E-state index contributed by atoms with van der Waals surface area (Å²) in [4.78, 5) is 41.8. The molecule has 0 aliphatic rings. The van der Waals surface area contributed by atoms with Crippen LogP contribution in [0.2, 0.25) is 0 Å². The second kappa shape index (κ2) is 9.30. The van der Waals surface area contributed by atoms with E-state index in [0.717, 1.165) is 16.8 Å². The maximum absolute atomic E-state index is 12.9. The molecule has 2 heterocycles. The van der Waals surface area contributed by atoms with E-state index in [0.29, 0.717) is 22.3 Å². The Labute approximate surface area is 196 Å². The van der Waals surface area contributed by atoms with E-state index < -0.39 is 11.9 Å². The van der Waals surface area contributed by atoms with Crippen molar-refractivity contribution in [3.8, 4) is 5.69 Å². The Morgan fingerprint density at radius 1 is 1.06 bits per heavy atom. The highest BCUT2D eigenvalue weighted by atomic mass is 16.5. The smallest absolute Gasteiger partial charge is 0.338 e. The lowest BCUT2D eigenvalue weighted by Crippen LogP contribution is -2.27. The fourth-order valence-corrected chi connectivity index (χ4v) is 3.65. The number of anilines is 1. The molecule has 0 aliphatic heterocycles. The molecule has 0 saturated carbocycles. The van der Waals surface area contributed by atoms with Gasteiger partial charge in [0.05, 0.1) is 23.6 Å². The lowest BCUT2D eigenvalue weighted by atomic mass is 10.1. The van der Waals surface area contributed by atoms with E-state index >= 15 is 0 Å². The number of amides is 1. The van der Waals surface area contributed by atoms with Gasteiger partial charge in [0.1, 0.15) is 18.3 Å². The van der Waals surface area contributed by atoms with Gasteiger partial charge in [0.25, 0.3) is 5.56 Å². The molecule has 2 aromatic carbocycles. The first kappa shape index (κ1) is 22.9. The standard InChI is InChI=1S/C25H25N5O4/c1-15(2)34-25(33)18-5-7-19(8-6-18)28-22(31)13-29-14-26-23-21(24(29)32)12-27-30(23)20-10-16(3)9-17(4)11-20/h5-12,14-15H,13H2,1-4H3,(H,28,31). The molecule has 0 bridgehead atoms. The van der Waals surface area contributed by atoms with Crippen molar-refractivity contribution in [1.29, 1.82) is 0 Å². The van der Waals surface area contributed by atoms with Gasteiger partial charge in [0.15, 0.2) is 5.65 Å². The van der Waals surface area contributed by atoms with Gasteiger partial charge in [-0.05, 0) is 75.2 Å². The molecule has 0 atom stereocenters. The highest BCUT2D eigenvalue weighted by molar-refractivity contribution is 5.93. The zero-order valence-electron chi connectivity index (χ0n) is 19.4. The largest absolute Gasteiger partial charge is 0.459 e. The van der Waals surface area contributed by atoms with Gasteiger partial charge in [-0.25, -0.2) is 14.5 Å². The predicted molar refractivity (Wildman–Crippen MR) is 128 cm³/mol. The lowest BCUT2D eigenvalue weighted by Gasteiger charge is -2.10. The van der Waals surface area contributed by atoms with Crippen LogP contribution in [-0.4, -0.2) is 37.3 Å². The second-order valence-electron chi connectivity index (χ2n) is 8.40. The lowest BCUT2D eigenvalue weighted by molar-refractivity contribution is -0.116. The number of carbonyl (C=O) groups excluding carboxylic acids is 2. The van der Waals surface area contributed by atoms with E-state index in [1.165, 1.54) is 17.1 Å². The van der Waals surface area contributed by atoms with Crippen LogP contribution in [0, 0.1) is 13.8 Å². The highest BCUT2D eigenvalue weighted by Crippen LogP contribution is 2.17. The van der Waals surface area contributed by atoms with Crippen molar-refractivity contribution in [3.05, 3.63) is 82.0 Å². The first-order valence-corrected chi connectivity index (χ1v) is 10.8. The molecule has 1 N–H and O–H groups in total. The Kier molecular flexibility index (Phi) is 6.27. The monoisotopic (exact) mass is 459 g/mol. The minimum atomic E-state index is -0.430. The maximum Gasteiger partial charge on any atom is 0.338 e. The quantitative estimate of drug-likeness (QED) is 0.443. The van der Waals surface area contributed by atoms with E-state index in [4.69, 9.17) is 4.74 Å². The number of aromatic nitrogens is 4. The molecule has 0 unspecified atom stereocenters. The number of hydrogen-bond acceptors (Lipinski definition) is 6. The van der Waals surface area contributed by atoms with Crippen LogP contribution in [0.15, 0.2) is 59.8 Å². The van der Waals surface area contributed by atoms with Gasteiger partial charge in [-0.1, -0.05) is 6.07 Å². The first-order valence-electron chi connectivity index (χ1n) is 10.8. The van der Waals surface area contributed by atoms with Gasteiger partial charge in [-0.3, -0.25) is 14.2 Å². The number of carbonyl (C=O) groups is 2. The van der Waals surface area contributed by atoms with E-state index in [9.17, 15) is 14.4 Å². The summed E-state index contributed by atoms with van der Waals surface area (Å²) in [5, 5.41) is 7.38. The Bertz CT molecular complexity index is 1410. The molecule has 0 spiro atoms. The molecule has 4 aromatic rings. The molecule has 174 valence electrons. The molecule has 0 radical (unpaired) electrons. The summed E-state index contributed by atoms with van der Waals surface area (Å²) in [6.45, 7) is 7.32. The number of nitrogens with zero attached hydrogens (tertiary/aromatic N) is 4. The first-order chi connectivity index (χ1) is 16.2. The Morgan fingerprint density at radius 2 is 1.74 bits per heavy atom. The van der Waals surface area contributed by atoms with E-state index in [2.05, 4.69) is 21.5 Å². The van der Waals surface area contributed by atoms with E-state index in [1.807, 2.05) is 26.0 Å². The third-order valence-corrected chi connectivity index (χ3v) is 5.07. The SMILES string of the molecule is Cc1cc(C)cc(-n2ncc3c(=O)n(CC(=O)Nc4ccc(C(=O)OC(C)C)cc4)cnc32)c1. The normalized spacial score (nSPS) is 11.1. The van der Waals surface area contributed by atoms with Crippen LogP contribution in [-0.2, 0) is 16.1 Å². The molecule has 34 heavy (non-hydrogen) atoms. The Hall–Kier alpha value is -4.27. The molecule has 1 amide bonds. The number of nitrogens with one attached hydrogen (secondary N) is 1. The van der Waals surface area contributed by atoms with Crippen molar-refractivity contribution in [3.63, 3.8) is 0 Å². The van der Waals surface area contributed by atoms with E-state index in [1.54, 1.807) is 42.8 Å². The van der Waals surface area contributed by atoms with Gasteiger partial charge in [0.2, 0.25) is 5.91 Å². The summed E-state index contributed by atoms with van der Waals surface area (Å²) in [5.41, 5.74) is 3.92. The number of esters is 1. The molecule has 4 rings (SSSR count). The Balaban J connectivity index is 1.50. The van der Waals surface area contributed by atoms with Gasteiger partial charge < -0.3 is 10.1 Å². The minimum Gasteiger partial charge on any atom is -0.459 e. The summed E-state index contributed by atoms with van der Waals surface area (Å²) in [7, 11) is 0. The van der Waals surface area contributed by atoms with E-state index in [-0.39, 0.29) is 18.2 Å². The molecular weight excluding hydrogens is 434 g/mol. The summed E-state index contributed by atoms with van der Waals surface area (Å²) < 4.78 is 8.00. The van der Waals surface area contributed by atoms with Crippen molar-refractivity contribution < 1.29 is 14.3 Å². The van der Waals surface area contributed by atoms with Gasteiger partial charge >= 0.3 is 5.97 Å². The zero-order chi connectivity index (χ0) is 24.4. The fraction of sp³-hybridized carbons (Fsp3) is 0.240. The van der Waals surface area contributed by atoms with Crippen LogP contribution in [0.3, 0.4) is 0 Å². The zero-order valence-corrected chi connectivity index (χ0v) is 19.4. The number of ether oxygens (including phenoxy) is 1. The minimum absolute atomic E-state index is 0.215. The number of rotatable bonds is 6. The summed E-state index contributed by atoms with van der Waals surface area (Å²) in [5.74, 6) is -0.831. The second-order valence-corrected chi connectivity index (χ2v) is 8.40. The average molecular weight is 460 g/mol. The summed E-state index contributed by atoms with van der Waals surface area (Å²) in [6.07, 6.45) is 2.59. The molecule has 0 fully saturated rings. The van der Waals surface area contributed by atoms with Crippen molar-refractivity contribution in [1.82, 2.24) is 19.3 Å². The molecule has 9 heteroatoms. The molecule has 2 aromatic heterocycles. The van der Waals surface area contributed by atoms with Crippen LogP contribution in [0.25, 0.3) is 16.7 Å². The van der Waals surface area contributed by atoms with Crippen LogP contribution < -0.4 is 10.9 Å². The van der Waals surface area contributed by atoms with Crippen LogP contribution in [0.1, 0.15) is 35.3 Å². The van der Waals surface area contributed by atoms with Crippen molar-refractivity contribution in [2.45, 2.75) is 40.3 Å². The van der Waals surface area contributed by atoms with Crippen LogP contribution in [0.5, 0.6) is 0 Å². The maximum atomic E-state index is 12.9. The number of fused-ring (bicyclic) bond motifs is 1. The van der Waals surface area contributed by atoms with Crippen molar-refractivity contribution >= 4 is 28.6 Å². The fourth-order valence-electron chi connectivity index (χ4n) is 3.65. The van der Waals surface area contributed by atoms with Gasteiger partial charge in [-0.2, -0.15) is 5.10 Å². The highest BCUT2D eigenvalue weighted by Gasteiger charge is 2.14. The van der Waals surface area contributed by atoms with Crippen LogP contribution >= 0.6 is 0 Å². The Morgan fingerprint density at radius 3 is 2.38 bits per heavy atom. The van der Waals surface area contributed by atoms with Crippen molar-refractivity contribution in [2.24, 2.45) is 0 Å². The topological polar surface area (TPSA) is 108 Å². The number of benzene rings is 2. The third-order valence-electron chi connectivity index (χ3n) is 5.07. The van der Waals surface area contributed by atoms with Gasteiger partial charge in [0, 0.05) is 5.69 Å². The predicted octanol–water partition coefficient (Wildman–Crippen LogP) is 3.40. The summed E-state index contributed by atoms with van der Waals surface area (Å²) >= 11 is 0. The van der Waals surface area contributed by atoms with Crippen LogP contribution in [0.4, 0.5) is 5.69 Å². The van der Waals surface area contributed by atoms with Gasteiger partial charge in [-0.15, -0.1) is 0 Å². The number of hydrogen-bond donors (Lipinski definition) is 1. The molecule has 0 saturated heterocycles. The molecule has 0 aliphatic carbocycles. The van der Waals surface area contributed by atoms with Crippen molar-refractivity contribution in [2.75, 3.05) is 5.32 Å². The number of aryl methyl sites for hydroxylation is 2. The molecular formula is C25H25N5O4. The third kappa shape index (κ3) is 4.88. The average Bonchev–Trinajstić information content (AvgIpc) is 3.20. The summed E-state index contributed by atoms with van der Waals surface area (Å²) in [6, 6.07) is 12.3.